The number of thioether (sulfide) groups is 1. The van der Waals surface area contributed by atoms with Gasteiger partial charge >= 0.3 is 0 Å². The summed E-state index contributed by atoms with van der Waals surface area (Å²) in [4.78, 5) is 18.1. The number of hydrogen-bond donors (Lipinski definition) is 0. The van der Waals surface area contributed by atoms with Crippen LogP contribution in [0.4, 0.5) is 5.69 Å². The van der Waals surface area contributed by atoms with Gasteiger partial charge in [0.15, 0.2) is 0 Å². The number of nitrogens with zero attached hydrogens (tertiary/aromatic N) is 2. The van der Waals surface area contributed by atoms with E-state index in [1.807, 2.05) is 47.0 Å². The average Bonchev–Trinajstić information content (AvgIpc) is 3.35. The van der Waals surface area contributed by atoms with Crippen molar-refractivity contribution >= 4 is 35.0 Å². The van der Waals surface area contributed by atoms with Gasteiger partial charge in [-0.1, -0.05) is 107 Å². The number of anilines is 1. The molecule has 4 nitrogen and oxygen atoms in total. The lowest BCUT2D eigenvalue weighted by atomic mass is 10.1. The number of halogens is 1. The Hall–Kier alpha value is -2.11. The van der Waals surface area contributed by atoms with E-state index >= 15 is 0 Å². The quantitative estimate of drug-likeness (QED) is 0.154. The van der Waals surface area contributed by atoms with Crippen LogP contribution in [0.5, 0.6) is 5.75 Å². The van der Waals surface area contributed by atoms with Crippen LogP contribution in [0.3, 0.4) is 0 Å². The topological polar surface area (TPSA) is 32.8 Å². The number of ether oxygens (including phenoxy) is 1. The molecule has 0 spiro atoms. The van der Waals surface area contributed by atoms with Crippen molar-refractivity contribution in [3.05, 3.63) is 69.7 Å². The number of benzene rings is 2. The maximum atomic E-state index is 12.7. The van der Waals surface area contributed by atoms with Crippen LogP contribution in [0.25, 0.3) is 0 Å². The molecule has 0 fully saturated rings. The van der Waals surface area contributed by atoms with Crippen LogP contribution in [-0.4, -0.2) is 23.3 Å². The molecular formula is C34H49ClN2O2S. The van der Waals surface area contributed by atoms with E-state index in [0.29, 0.717) is 23.9 Å². The molecule has 3 rings (SSSR count). The summed E-state index contributed by atoms with van der Waals surface area (Å²) in [6.45, 7) is 8.02. The van der Waals surface area contributed by atoms with E-state index in [4.69, 9.17) is 16.3 Å². The van der Waals surface area contributed by atoms with Gasteiger partial charge in [0.1, 0.15) is 5.75 Å². The van der Waals surface area contributed by atoms with E-state index in [1.165, 1.54) is 81.1 Å². The van der Waals surface area contributed by atoms with Crippen LogP contribution >= 0.6 is 23.4 Å². The van der Waals surface area contributed by atoms with Crippen LogP contribution < -0.4 is 9.64 Å². The van der Waals surface area contributed by atoms with E-state index in [-0.39, 0.29) is 5.91 Å². The third-order valence-corrected chi connectivity index (χ3v) is 8.74. The Labute approximate surface area is 252 Å². The summed E-state index contributed by atoms with van der Waals surface area (Å²) in [5.74, 6) is 1.69. The van der Waals surface area contributed by atoms with Crippen molar-refractivity contribution in [1.29, 1.82) is 0 Å². The summed E-state index contributed by atoms with van der Waals surface area (Å²) in [5.41, 5.74) is 3.11. The van der Waals surface area contributed by atoms with Crippen LogP contribution in [0, 0.1) is 0 Å². The van der Waals surface area contributed by atoms with E-state index in [2.05, 4.69) is 37.1 Å². The van der Waals surface area contributed by atoms with E-state index in [0.717, 1.165) is 30.1 Å². The SMILES string of the molecule is CCCCCCCCCCCCCCOc1cc(CN(C(C)=O)c2cccc(CN3C=C(C)SC3)c2)ccc1Cl. The van der Waals surface area contributed by atoms with Gasteiger partial charge in [0, 0.05) is 25.4 Å². The molecule has 0 atom stereocenters. The number of allylic oxidation sites excluding steroid dienone is 1. The molecule has 1 aliphatic rings. The van der Waals surface area contributed by atoms with Gasteiger partial charge in [-0.3, -0.25) is 4.79 Å². The minimum atomic E-state index is 0.0125. The van der Waals surface area contributed by atoms with Crippen molar-refractivity contribution in [3.63, 3.8) is 0 Å². The normalized spacial score (nSPS) is 13.0. The predicted octanol–water partition coefficient (Wildman–Crippen LogP) is 10.3. The summed E-state index contributed by atoms with van der Waals surface area (Å²) < 4.78 is 6.07. The van der Waals surface area contributed by atoms with Gasteiger partial charge in [-0.2, -0.15) is 0 Å². The van der Waals surface area contributed by atoms with Crippen LogP contribution in [-0.2, 0) is 17.9 Å². The summed E-state index contributed by atoms with van der Waals surface area (Å²) in [6.07, 6.45) is 18.1. The lowest BCUT2D eigenvalue weighted by molar-refractivity contribution is -0.116. The highest BCUT2D eigenvalue weighted by atomic mass is 35.5. The van der Waals surface area contributed by atoms with Crippen molar-refractivity contribution in [3.8, 4) is 5.75 Å². The average molecular weight is 585 g/mol. The zero-order valence-electron chi connectivity index (χ0n) is 24.9. The summed E-state index contributed by atoms with van der Waals surface area (Å²) >= 11 is 8.32. The lowest BCUT2D eigenvalue weighted by Gasteiger charge is -2.23. The molecule has 220 valence electrons. The summed E-state index contributed by atoms with van der Waals surface area (Å²) in [5, 5.41) is 0.617. The standard InChI is InChI=1S/C34H49ClN2O2S/c1-4-5-6-7-8-9-10-11-12-13-14-15-21-39-34-23-31(19-20-33(34)35)26-37(29(3)38)32-18-16-17-30(22-32)25-36-24-28(2)40-27-36/h16-20,22-24H,4-15,21,25-27H2,1-3H3. The van der Waals surface area contributed by atoms with Crippen LogP contribution in [0.15, 0.2) is 53.6 Å². The molecule has 0 saturated heterocycles. The maximum absolute atomic E-state index is 12.7. The Morgan fingerprint density at radius 2 is 1.60 bits per heavy atom. The highest BCUT2D eigenvalue weighted by molar-refractivity contribution is 8.03. The van der Waals surface area contributed by atoms with E-state index in [9.17, 15) is 4.79 Å². The molecule has 40 heavy (non-hydrogen) atoms. The van der Waals surface area contributed by atoms with Gasteiger partial charge in [-0.25, -0.2) is 0 Å². The van der Waals surface area contributed by atoms with Crippen molar-refractivity contribution in [2.45, 2.75) is 111 Å². The van der Waals surface area contributed by atoms with Gasteiger partial charge in [-0.15, -0.1) is 11.8 Å². The summed E-state index contributed by atoms with van der Waals surface area (Å²) in [7, 11) is 0. The van der Waals surface area contributed by atoms with Crippen molar-refractivity contribution in [1.82, 2.24) is 4.90 Å². The van der Waals surface area contributed by atoms with E-state index < -0.39 is 0 Å². The first-order valence-corrected chi connectivity index (χ1v) is 16.7. The number of hydrogen-bond acceptors (Lipinski definition) is 4. The first-order valence-electron chi connectivity index (χ1n) is 15.3. The Balaban J connectivity index is 1.42. The lowest BCUT2D eigenvalue weighted by Crippen LogP contribution is -2.28. The minimum absolute atomic E-state index is 0.0125. The first-order chi connectivity index (χ1) is 19.5. The molecule has 2 aromatic carbocycles. The largest absolute Gasteiger partial charge is 0.492 e. The Bertz CT molecular complexity index is 1070. The highest BCUT2D eigenvalue weighted by Crippen LogP contribution is 2.29. The zero-order chi connectivity index (χ0) is 28.6. The predicted molar refractivity (Wildman–Crippen MR) is 173 cm³/mol. The Kier molecular flexibility index (Phi) is 14.9. The molecule has 0 aliphatic carbocycles. The van der Waals surface area contributed by atoms with Gasteiger partial charge in [0.25, 0.3) is 0 Å². The third-order valence-electron chi connectivity index (χ3n) is 7.40. The van der Waals surface area contributed by atoms with Crippen molar-refractivity contribution in [2.24, 2.45) is 0 Å². The molecule has 1 heterocycles. The number of rotatable bonds is 19. The molecular weight excluding hydrogens is 536 g/mol. The van der Waals surface area contributed by atoms with Gasteiger partial charge in [0.2, 0.25) is 5.91 Å². The molecule has 0 unspecified atom stereocenters. The van der Waals surface area contributed by atoms with Crippen molar-refractivity contribution < 1.29 is 9.53 Å². The first kappa shape index (κ1) is 32.4. The number of amides is 1. The molecule has 0 aromatic heterocycles. The fraction of sp³-hybridized carbons (Fsp3) is 0.559. The molecule has 6 heteroatoms. The second-order valence-corrected chi connectivity index (χ2v) is 12.6. The molecule has 0 bridgehead atoms. The fourth-order valence-corrected chi connectivity index (χ4v) is 6.04. The third kappa shape index (κ3) is 11.8. The second kappa shape index (κ2) is 18.3. The number of carbonyl (C=O) groups excluding carboxylic acids is 1. The molecule has 0 N–H and O–H groups in total. The molecule has 1 aliphatic heterocycles. The van der Waals surface area contributed by atoms with Gasteiger partial charge in [0.05, 0.1) is 24.1 Å². The Morgan fingerprint density at radius 3 is 2.23 bits per heavy atom. The van der Waals surface area contributed by atoms with Gasteiger partial charge in [-0.05, 0) is 53.6 Å². The number of unbranched alkanes of at least 4 members (excludes halogenated alkanes) is 11. The Morgan fingerprint density at radius 1 is 0.925 bits per heavy atom. The molecule has 0 saturated carbocycles. The number of carbonyl (C=O) groups is 1. The smallest absolute Gasteiger partial charge is 0.224 e. The monoisotopic (exact) mass is 584 g/mol. The highest BCUT2D eigenvalue weighted by Gasteiger charge is 2.16. The maximum Gasteiger partial charge on any atom is 0.224 e. The minimum Gasteiger partial charge on any atom is -0.492 e. The fourth-order valence-electron chi connectivity index (χ4n) is 5.11. The van der Waals surface area contributed by atoms with E-state index in [1.54, 1.807) is 6.92 Å². The van der Waals surface area contributed by atoms with Crippen molar-refractivity contribution in [2.75, 3.05) is 17.4 Å². The second-order valence-electron chi connectivity index (χ2n) is 11.0. The van der Waals surface area contributed by atoms with Crippen LogP contribution in [0.1, 0.15) is 109 Å². The molecule has 0 radical (unpaired) electrons. The molecule has 1 amide bonds. The summed E-state index contributed by atoms with van der Waals surface area (Å²) in [6, 6.07) is 14.1. The molecule has 2 aromatic rings. The van der Waals surface area contributed by atoms with Crippen LogP contribution in [0.2, 0.25) is 5.02 Å². The van der Waals surface area contributed by atoms with Gasteiger partial charge < -0.3 is 14.5 Å². The zero-order valence-corrected chi connectivity index (χ0v) is 26.5.